The van der Waals surface area contributed by atoms with Gasteiger partial charge in [-0.2, -0.15) is 0 Å². The lowest BCUT2D eigenvalue weighted by molar-refractivity contribution is -0.144. The van der Waals surface area contributed by atoms with E-state index in [0.29, 0.717) is 12.0 Å². The van der Waals surface area contributed by atoms with Gasteiger partial charge in [0.1, 0.15) is 0 Å². The van der Waals surface area contributed by atoms with Gasteiger partial charge in [-0.15, -0.1) is 0 Å². The molecule has 2 nitrogen and oxygen atoms in total. The molecule has 0 radical (unpaired) electrons. The first-order valence-corrected chi connectivity index (χ1v) is 3.77. The molecule has 1 heterocycles. The van der Waals surface area contributed by atoms with Crippen LogP contribution in [0.4, 0.5) is 0 Å². The minimum atomic E-state index is -0.131. The maximum Gasteiger partial charge on any atom is 0.227 e. The molecule has 0 aliphatic carbocycles. The van der Waals surface area contributed by atoms with Crippen molar-refractivity contribution in [2.45, 2.75) is 33.7 Å². The highest BCUT2D eigenvalue weighted by Gasteiger charge is 2.48. The molecule has 1 rings (SSSR count). The van der Waals surface area contributed by atoms with Crippen molar-refractivity contribution in [2.75, 3.05) is 0 Å². The van der Waals surface area contributed by atoms with Gasteiger partial charge in [0.15, 0.2) is 0 Å². The van der Waals surface area contributed by atoms with Gasteiger partial charge in [-0.05, 0) is 19.8 Å². The summed E-state index contributed by atoms with van der Waals surface area (Å²) in [5, 5.41) is 2.89. The van der Waals surface area contributed by atoms with Crippen molar-refractivity contribution in [1.82, 2.24) is 5.32 Å². The van der Waals surface area contributed by atoms with Crippen LogP contribution in [0.25, 0.3) is 0 Å². The van der Waals surface area contributed by atoms with Crippen LogP contribution in [0, 0.1) is 11.3 Å². The van der Waals surface area contributed by atoms with Crippen LogP contribution in [0.2, 0.25) is 0 Å². The fourth-order valence-electron chi connectivity index (χ4n) is 1.57. The molecule has 0 spiro atoms. The summed E-state index contributed by atoms with van der Waals surface area (Å²) in [6, 6.07) is 0.375. The average Bonchev–Trinajstić information content (AvgIpc) is 1.82. The number of hydrogen-bond donors (Lipinski definition) is 1. The second-order valence-electron chi connectivity index (χ2n) is 3.92. The molecule has 0 aromatic heterocycles. The summed E-state index contributed by atoms with van der Waals surface area (Å²) >= 11 is 0. The SMILES string of the molecule is CC(C)[C@H]1NC(=O)C1(C)C. The van der Waals surface area contributed by atoms with Crippen LogP contribution in [-0.4, -0.2) is 11.9 Å². The van der Waals surface area contributed by atoms with Crippen LogP contribution in [0.15, 0.2) is 0 Å². The highest BCUT2D eigenvalue weighted by atomic mass is 16.2. The molecule has 2 heteroatoms. The zero-order chi connectivity index (χ0) is 7.94. The molecule has 1 amide bonds. The molecule has 1 aliphatic heterocycles. The van der Waals surface area contributed by atoms with Crippen molar-refractivity contribution < 1.29 is 4.79 Å². The molecule has 1 N–H and O–H groups in total. The van der Waals surface area contributed by atoms with Crippen LogP contribution < -0.4 is 5.32 Å². The largest absolute Gasteiger partial charge is 0.352 e. The molecule has 0 unspecified atom stereocenters. The third-order valence-corrected chi connectivity index (χ3v) is 2.32. The van der Waals surface area contributed by atoms with Crippen molar-refractivity contribution in [2.24, 2.45) is 11.3 Å². The average molecular weight is 141 g/mol. The molecule has 0 bridgehead atoms. The van der Waals surface area contributed by atoms with E-state index in [1.165, 1.54) is 0 Å². The summed E-state index contributed by atoms with van der Waals surface area (Å²) < 4.78 is 0. The fourth-order valence-corrected chi connectivity index (χ4v) is 1.57. The number of hydrogen-bond acceptors (Lipinski definition) is 1. The Morgan fingerprint density at radius 3 is 2.10 bits per heavy atom. The van der Waals surface area contributed by atoms with Gasteiger partial charge in [0.05, 0.1) is 5.41 Å². The smallest absolute Gasteiger partial charge is 0.227 e. The van der Waals surface area contributed by atoms with E-state index in [9.17, 15) is 4.79 Å². The second-order valence-corrected chi connectivity index (χ2v) is 3.92. The Balaban J connectivity index is 2.63. The second kappa shape index (κ2) is 1.97. The zero-order valence-electron chi connectivity index (χ0n) is 7.06. The molecule has 0 saturated carbocycles. The highest BCUT2D eigenvalue weighted by Crippen LogP contribution is 2.33. The van der Waals surface area contributed by atoms with E-state index in [1.54, 1.807) is 0 Å². The standard InChI is InChI=1S/C8H15NO/c1-5(2)6-8(3,4)7(10)9-6/h5-6H,1-4H3,(H,9,10)/t6-/m1/s1. The van der Waals surface area contributed by atoms with E-state index in [4.69, 9.17) is 0 Å². The Morgan fingerprint density at radius 2 is 2.00 bits per heavy atom. The van der Waals surface area contributed by atoms with Crippen molar-refractivity contribution in [1.29, 1.82) is 0 Å². The third-order valence-electron chi connectivity index (χ3n) is 2.32. The summed E-state index contributed by atoms with van der Waals surface area (Å²) in [5.41, 5.74) is -0.131. The van der Waals surface area contributed by atoms with E-state index in [-0.39, 0.29) is 11.3 Å². The molecule has 0 aromatic rings. The predicted molar refractivity (Wildman–Crippen MR) is 40.5 cm³/mol. The van der Waals surface area contributed by atoms with Crippen LogP contribution in [0.1, 0.15) is 27.7 Å². The van der Waals surface area contributed by atoms with Gasteiger partial charge in [0, 0.05) is 6.04 Å². The van der Waals surface area contributed by atoms with E-state index in [1.807, 2.05) is 13.8 Å². The van der Waals surface area contributed by atoms with Gasteiger partial charge >= 0.3 is 0 Å². The number of nitrogens with one attached hydrogen (secondary N) is 1. The molecule has 10 heavy (non-hydrogen) atoms. The lowest BCUT2D eigenvalue weighted by Gasteiger charge is -2.46. The monoisotopic (exact) mass is 141 g/mol. The maximum absolute atomic E-state index is 11.0. The predicted octanol–water partition coefficient (Wildman–Crippen LogP) is 1.17. The first kappa shape index (κ1) is 7.58. The maximum atomic E-state index is 11.0. The molecule has 1 saturated heterocycles. The topological polar surface area (TPSA) is 29.1 Å². The zero-order valence-corrected chi connectivity index (χ0v) is 7.06. The van der Waals surface area contributed by atoms with E-state index in [2.05, 4.69) is 19.2 Å². The lowest BCUT2D eigenvalue weighted by atomic mass is 9.71. The first-order chi connectivity index (χ1) is 4.46. The van der Waals surface area contributed by atoms with Crippen LogP contribution in [0.3, 0.4) is 0 Å². The van der Waals surface area contributed by atoms with Gasteiger partial charge in [0.25, 0.3) is 0 Å². The highest BCUT2D eigenvalue weighted by molar-refractivity contribution is 5.89. The van der Waals surface area contributed by atoms with Gasteiger partial charge in [-0.1, -0.05) is 13.8 Å². The normalized spacial score (nSPS) is 29.7. The Hall–Kier alpha value is -0.530. The minimum absolute atomic E-state index is 0.131. The quantitative estimate of drug-likeness (QED) is 0.546. The van der Waals surface area contributed by atoms with Crippen molar-refractivity contribution in [3.63, 3.8) is 0 Å². The van der Waals surface area contributed by atoms with Gasteiger partial charge in [0.2, 0.25) is 5.91 Å². The molecular weight excluding hydrogens is 126 g/mol. The van der Waals surface area contributed by atoms with Crippen molar-refractivity contribution in [3.8, 4) is 0 Å². The van der Waals surface area contributed by atoms with Crippen LogP contribution >= 0.6 is 0 Å². The summed E-state index contributed by atoms with van der Waals surface area (Å²) in [6.07, 6.45) is 0. The number of amides is 1. The first-order valence-electron chi connectivity index (χ1n) is 3.77. The summed E-state index contributed by atoms with van der Waals surface area (Å²) in [4.78, 5) is 11.0. The number of rotatable bonds is 1. The molecule has 1 atom stereocenters. The van der Waals surface area contributed by atoms with E-state index < -0.39 is 0 Å². The Bertz CT molecular complexity index is 161. The number of carbonyl (C=O) groups excluding carboxylic acids is 1. The molecule has 1 aliphatic rings. The van der Waals surface area contributed by atoms with Crippen LogP contribution in [-0.2, 0) is 4.79 Å². The van der Waals surface area contributed by atoms with Gasteiger partial charge in [-0.3, -0.25) is 4.79 Å². The number of carbonyl (C=O) groups is 1. The third kappa shape index (κ3) is 0.825. The number of β-lactam (4-membered cyclic amide) rings is 1. The Morgan fingerprint density at radius 1 is 1.50 bits per heavy atom. The molecular formula is C8H15NO. The fraction of sp³-hybridized carbons (Fsp3) is 0.875. The molecule has 58 valence electrons. The molecule has 1 fully saturated rings. The Labute approximate surface area is 62.0 Å². The summed E-state index contributed by atoms with van der Waals surface area (Å²) in [7, 11) is 0. The van der Waals surface area contributed by atoms with E-state index >= 15 is 0 Å². The van der Waals surface area contributed by atoms with Crippen molar-refractivity contribution in [3.05, 3.63) is 0 Å². The lowest BCUT2D eigenvalue weighted by Crippen LogP contribution is -2.66. The summed E-state index contributed by atoms with van der Waals surface area (Å²) in [6.45, 7) is 8.25. The van der Waals surface area contributed by atoms with E-state index in [0.717, 1.165) is 0 Å². The van der Waals surface area contributed by atoms with Gasteiger partial charge < -0.3 is 5.32 Å². The minimum Gasteiger partial charge on any atom is -0.352 e. The van der Waals surface area contributed by atoms with Crippen molar-refractivity contribution >= 4 is 5.91 Å². The van der Waals surface area contributed by atoms with Crippen LogP contribution in [0.5, 0.6) is 0 Å². The molecule has 0 aromatic carbocycles. The Kier molecular flexibility index (Phi) is 1.50. The summed E-state index contributed by atoms with van der Waals surface area (Å²) in [5.74, 6) is 0.735. The van der Waals surface area contributed by atoms with Gasteiger partial charge in [-0.25, -0.2) is 0 Å².